The summed E-state index contributed by atoms with van der Waals surface area (Å²) >= 11 is 1.70. The van der Waals surface area contributed by atoms with E-state index in [0.29, 0.717) is 19.5 Å². The van der Waals surface area contributed by atoms with Crippen molar-refractivity contribution in [1.29, 1.82) is 0 Å². The summed E-state index contributed by atoms with van der Waals surface area (Å²) in [6, 6.07) is -0.248. The molecule has 0 radical (unpaired) electrons. The number of aryl methyl sites for hydroxylation is 1. The lowest BCUT2D eigenvalue weighted by atomic mass is 10.2. The predicted molar refractivity (Wildman–Crippen MR) is 85.1 cm³/mol. The predicted octanol–water partition coefficient (Wildman–Crippen LogP) is 0.931. The zero-order valence-corrected chi connectivity index (χ0v) is 13.7. The molecule has 2 unspecified atom stereocenters. The van der Waals surface area contributed by atoms with E-state index in [2.05, 4.69) is 22.5 Å². The molecule has 2 rings (SSSR count). The number of aliphatic hydroxyl groups is 1. The summed E-state index contributed by atoms with van der Waals surface area (Å²) in [5.41, 5.74) is 0. The maximum Gasteiger partial charge on any atom is 0.237 e. The van der Waals surface area contributed by atoms with E-state index in [-0.39, 0.29) is 36.8 Å². The van der Waals surface area contributed by atoms with Crippen molar-refractivity contribution in [3.63, 3.8) is 0 Å². The first-order valence-electron chi connectivity index (χ1n) is 6.31. The van der Waals surface area contributed by atoms with Gasteiger partial charge in [-0.05, 0) is 12.8 Å². The SMILES string of the molecule is CCc1cnc(CCNC(=O)C2CC(O)CN2)s1.Cl.Cl. The second-order valence-corrected chi connectivity index (χ2v) is 5.67. The van der Waals surface area contributed by atoms with Crippen LogP contribution in [0.25, 0.3) is 0 Å². The highest BCUT2D eigenvalue weighted by Crippen LogP contribution is 2.13. The lowest BCUT2D eigenvalue weighted by molar-refractivity contribution is -0.122. The summed E-state index contributed by atoms with van der Waals surface area (Å²) in [4.78, 5) is 17.3. The Kier molecular flexibility index (Phi) is 9.33. The third-order valence-electron chi connectivity index (χ3n) is 3.01. The number of carbonyl (C=O) groups is 1. The van der Waals surface area contributed by atoms with E-state index < -0.39 is 6.10 Å². The van der Waals surface area contributed by atoms with Gasteiger partial charge in [0, 0.05) is 30.6 Å². The van der Waals surface area contributed by atoms with Crippen LogP contribution in [0, 0.1) is 0 Å². The molecule has 116 valence electrons. The number of rotatable bonds is 5. The number of hydrogen-bond acceptors (Lipinski definition) is 5. The van der Waals surface area contributed by atoms with Gasteiger partial charge in [-0.2, -0.15) is 0 Å². The molecule has 0 saturated carbocycles. The molecule has 0 aliphatic carbocycles. The number of nitrogens with zero attached hydrogens (tertiary/aromatic N) is 1. The zero-order chi connectivity index (χ0) is 13.0. The Morgan fingerprint density at radius 1 is 1.60 bits per heavy atom. The van der Waals surface area contributed by atoms with Crippen molar-refractivity contribution in [3.8, 4) is 0 Å². The number of amides is 1. The highest BCUT2D eigenvalue weighted by Gasteiger charge is 2.27. The van der Waals surface area contributed by atoms with E-state index in [1.165, 1.54) is 4.88 Å². The van der Waals surface area contributed by atoms with Crippen molar-refractivity contribution in [2.45, 2.75) is 38.3 Å². The van der Waals surface area contributed by atoms with Crippen LogP contribution in [0.5, 0.6) is 0 Å². The van der Waals surface area contributed by atoms with Gasteiger partial charge in [0.2, 0.25) is 5.91 Å². The molecule has 2 heterocycles. The molecule has 8 heteroatoms. The van der Waals surface area contributed by atoms with E-state index in [9.17, 15) is 9.90 Å². The summed E-state index contributed by atoms with van der Waals surface area (Å²) in [5.74, 6) is -0.0289. The molecule has 1 fully saturated rings. The number of aliphatic hydroxyl groups excluding tert-OH is 1. The fourth-order valence-corrected chi connectivity index (χ4v) is 2.82. The smallest absolute Gasteiger partial charge is 0.237 e. The zero-order valence-electron chi connectivity index (χ0n) is 11.3. The number of β-amino-alcohol motifs (C(OH)–C–C–N with tert-alkyl or cyclic N) is 1. The van der Waals surface area contributed by atoms with Crippen molar-refractivity contribution in [2.75, 3.05) is 13.1 Å². The van der Waals surface area contributed by atoms with Gasteiger partial charge in [-0.15, -0.1) is 36.2 Å². The van der Waals surface area contributed by atoms with Crippen LogP contribution in [0.15, 0.2) is 6.20 Å². The van der Waals surface area contributed by atoms with E-state index in [4.69, 9.17) is 0 Å². The van der Waals surface area contributed by atoms with Gasteiger partial charge in [0.15, 0.2) is 0 Å². The van der Waals surface area contributed by atoms with Crippen LogP contribution in [0.2, 0.25) is 0 Å². The maximum absolute atomic E-state index is 11.7. The van der Waals surface area contributed by atoms with E-state index in [1.54, 1.807) is 11.3 Å². The van der Waals surface area contributed by atoms with Gasteiger partial charge in [-0.3, -0.25) is 4.79 Å². The number of thiazole rings is 1. The van der Waals surface area contributed by atoms with Gasteiger partial charge in [-0.1, -0.05) is 6.92 Å². The second kappa shape index (κ2) is 9.52. The van der Waals surface area contributed by atoms with Crippen LogP contribution in [0.3, 0.4) is 0 Å². The van der Waals surface area contributed by atoms with Crippen LogP contribution in [0.4, 0.5) is 0 Å². The van der Waals surface area contributed by atoms with Crippen LogP contribution in [0.1, 0.15) is 23.2 Å². The van der Waals surface area contributed by atoms with Gasteiger partial charge in [-0.25, -0.2) is 4.98 Å². The van der Waals surface area contributed by atoms with Crippen molar-refractivity contribution in [1.82, 2.24) is 15.6 Å². The summed E-state index contributed by atoms with van der Waals surface area (Å²) in [6.07, 6.45) is 3.78. The van der Waals surface area contributed by atoms with E-state index in [0.717, 1.165) is 17.8 Å². The lowest BCUT2D eigenvalue weighted by Gasteiger charge is -2.10. The summed E-state index contributed by atoms with van der Waals surface area (Å²) in [6.45, 7) is 3.21. The Bertz CT molecular complexity index is 417. The van der Waals surface area contributed by atoms with Crippen LogP contribution in [-0.4, -0.2) is 41.2 Å². The van der Waals surface area contributed by atoms with Gasteiger partial charge < -0.3 is 15.7 Å². The average Bonchev–Trinajstić information content (AvgIpc) is 2.98. The topological polar surface area (TPSA) is 74.2 Å². The molecule has 0 bridgehead atoms. The molecule has 1 aromatic rings. The fourth-order valence-electron chi connectivity index (χ4n) is 1.96. The molecule has 2 atom stereocenters. The molecule has 1 aliphatic rings. The molecule has 3 N–H and O–H groups in total. The molecule has 0 spiro atoms. The number of halogens is 2. The molecule has 5 nitrogen and oxygen atoms in total. The highest BCUT2D eigenvalue weighted by molar-refractivity contribution is 7.11. The minimum absolute atomic E-state index is 0. The first kappa shape index (κ1) is 19.6. The Morgan fingerprint density at radius 2 is 2.35 bits per heavy atom. The standard InChI is InChI=1S/C12H19N3O2S.2ClH/c1-2-9-7-15-11(18-9)3-4-13-12(17)10-5-8(16)6-14-10;;/h7-8,10,14,16H,2-6H2,1H3,(H,13,17);2*1H. The number of nitrogens with one attached hydrogen (secondary N) is 2. The monoisotopic (exact) mass is 341 g/mol. The molecule has 1 aromatic heterocycles. The van der Waals surface area contributed by atoms with Crippen molar-refractivity contribution >= 4 is 42.1 Å². The molecule has 1 aliphatic heterocycles. The van der Waals surface area contributed by atoms with E-state index >= 15 is 0 Å². The Balaban J connectivity index is 0.00000180. The quantitative estimate of drug-likeness (QED) is 0.744. The van der Waals surface area contributed by atoms with E-state index in [1.807, 2.05) is 6.20 Å². The largest absolute Gasteiger partial charge is 0.392 e. The van der Waals surface area contributed by atoms with Gasteiger partial charge in [0.05, 0.1) is 17.2 Å². The molecule has 1 saturated heterocycles. The number of hydrogen-bond donors (Lipinski definition) is 3. The number of carbonyl (C=O) groups excluding carboxylic acids is 1. The van der Waals surface area contributed by atoms with Crippen LogP contribution >= 0.6 is 36.2 Å². The average molecular weight is 342 g/mol. The first-order chi connectivity index (χ1) is 8.69. The minimum atomic E-state index is -0.396. The summed E-state index contributed by atoms with van der Waals surface area (Å²) in [5, 5.41) is 16.3. The molecular weight excluding hydrogens is 321 g/mol. The molecular formula is C12H21Cl2N3O2S. The van der Waals surface area contributed by atoms with Gasteiger partial charge >= 0.3 is 0 Å². The highest BCUT2D eigenvalue weighted by atomic mass is 35.5. The molecule has 20 heavy (non-hydrogen) atoms. The Hall–Kier alpha value is -0.400. The molecule has 1 amide bonds. The summed E-state index contributed by atoms with van der Waals surface area (Å²) < 4.78 is 0. The third kappa shape index (κ3) is 5.54. The van der Waals surface area contributed by atoms with Crippen molar-refractivity contribution < 1.29 is 9.90 Å². The van der Waals surface area contributed by atoms with Crippen molar-refractivity contribution in [3.05, 3.63) is 16.1 Å². The normalized spacial score (nSPS) is 20.9. The van der Waals surface area contributed by atoms with Crippen LogP contribution in [-0.2, 0) is 17.6 Å². The van der Waals surface area contributed by atoms with Crippen molar-refractivity contribution in [2.24, 2.45) is 0 Å². The first-order valence-corrected chi connectivity index (χ1v) is 7.13. The third-order valence-corrected chi connectivity index (χ3v) is 4.21. The summed E-state index contributed by atoms with van der Waals surface area (Å²) in [7, 11) is 0. The van der Waals surface area contributed by atoms with Gasteiger partial charge in [0.1, 0.15) is 0 Å². The Labute approximate surface area is 135 Å². The Morgan fingerprint density at radius 3 is 2.90 bits per heavy atom. The van der Waals surface area contributed by atoms with Crippen LogP contribution < -0.4 is 10.6 Å². The van der Waals surface area contributed by atoms with Gasteiger partial charge in [0.25, 0.3) is 0 Å². The fraction of sp³-hybridized carbons (Fsp3) is 0.667. The number of aromatic nitrogens is 1. The minimum Gasteiger partial charge on any atom is -0.392 e. The lowest BCUT2D eigenvalue weighted by Crippen LogP contribution is -2.41. The molecule has 0 aromatic carbocycles. The second-order valence-electron chi connectivity index (χ2n) is 4.47. The maximum atomic E-state index is 11.7.